The smallest absolute Gasteiger partial charge is 0.437 e. The van der Waals surface area contributed by atoms with Crippen molar-refractivity contribution in [2.24, 2.45) is 0 Å². The Labute approximate surface area is 177 Å². The highest BCUT2D eigenvalue weighted by atomic mass is 35.5. The third kappa shape index (κ3) is 10.5. The largest absolute Gasteiger partial charge is 0.509 e. The summed E-state index contributed by atoms with van der Waals surface area (Å²) in [7, 11) is 0. The molecule has 0 spiro atoms. The molecule has 14 nitrogen and oxygen atoms in total. The summed E-state index contributed by atoms with van der Waals surface area (Å²) >= 11 is 14.6. The van der Waals surface area contributed by atoms with Crippen LogP contribution in [0.2, 0.25) is 0 Å². The topological polar surface area (TPSA) is 188 Å². The molecule has 0 aliphatic rings. The number of ether oxygens (including phenoxy) is 3. The number of alkyl halides is 2. The van der Waals surface area contributed by atoms with Crippen molar-refractivity contribution in [2.45, 2.75) is 27.1 Å². The first-order valence-electron chi connectivity index (χ1n) is 7.12. The van der Waals surface area contributed by atoms with E-state index in [0.717, 1.165) is 0 Å². The number of hydrogen-bond donors (Lipinski definition) is 1. The van der Waals surface area contributed by atoms with Gasteiger partial charge in [-0.1, -0.05) is 23.2 Å². The fourth-order valence-electron chi connectivity index (χ4n) is 1.17. The van der Waals surface area contributed by atoms with Gasteiger partial charge in [0.05, 0.1) is 0 Å². The number of carbonyl (C=O) groups is 2. The van der Waals surface area contributed by atoms with Gasteiger partial charge in [0.25, 0.3) is 5.69 Å². The number of carbonyl (C=O) groups excluding carboxylic acids is 2. The van der Waals surface area contributed by atoms with Gasteiger partial charge in [-0.05, 0) is 9.81 Å². The molecule has 2 aromatic heterocycles. The third-order valence-electron chi connectivity index (χ3n) is 2.65. The Morgan fingerprint density at radius 3 is 1.76 bits per heavy atom. The highest BCUT2D eigenvalue weighted by molar-refractivity contribution is 6.61. The van der Waals surface area contributed by atoms with Crippen LogP contribution in [0.5, 0.6) is 0 Å². The highest BCUT2D eigenvalue weighted by Crippen LogP contribution is 2.01. The number of nitrogens with zero attached hydrogens (tertiary/aromatic N) is 4. The first kappa shape index (κ1) is 26.4. The molecular formula is C12H15Cl3N4O10. The van der Waals surface area contributed by atoms with Crippen LogP contribution in [0.25, 0.3) is 0 Å². The minimum atomic E-state index is -0.931. The van der Waals surface area contributed by atoms with E-state index in [9.17, 15) is 20.0 Å². The number of hydrogen-bond acceptors (Lipinski definition) is 12. The number of aliphatic hydroxyl groups excluding tert-OH is 1. The van der Waals surface area contributed by atoms with Gasteiger partial charge in [-0.25, -0.2) is 9.59 Å². The predicted octanol–water partition coefficient (Wildman–Crippen LogP) is 1.13. The maximum Gasteiger partial charge on any atom is 0.509 e. The van der Waals surface area contributed by atoms with Crippen LogP contribution in [0.15, 0.2) is 9.26 Å². The van der Waals surface area contributed by atoms with Crippen molar-refractivity contribution in [3.63, 3.8) is 0 Å². The Morgan fingerprint density at radius 2 is 1.48 bits per heavy atom. The summed E-state index contributed by atoms with van der Waals surface area (Å²) in [5.74, 6) is 0. The van der Waals surface area contributed by atoms with Crippen molar-refractivity contribution in [1.29, 1.82) is 0 Å². The van der Waals surface area contributed by atoms with E-state index in [1.807, 2.05) is 0 Å². The number of aliphatic hydroxyl groups is 1. The summed E-state index contributed by atoms with van der Waals surface area (Å²) in [6.07, 6.45) is -0.931. The molecule has 0 radical (unpaired) electrons. The van der Waals surface area contributed by atoms with Crippen LogP contribution < -0.4 is 9.81 Å². The molecule has 0 aromatic carbocycles. The molecule has 0 amide bonds. The van der Waals surface area contributed by atoms with Gasteiger partial charge in [-0.2, -0.15) is 0 Å². The normalized spacial score (nSPS) is 9.45. The number of halogens is 3. The maximum atomic E-state index is 10.7. The molecule has 0 saturated carbocycles. The molecule has 1 N–H and O–H groups in total. The van der Waals surface area contributed by atoms with Crippen LogP contribution in [0.3, 0.4) is 0 Å². The molecule has 2 aromatic rings. The van der Waals surface area contributed by atoms with Crippen LogP contribution in [0.1, 0.15) is 22.8 Å². The summed E-state index contributed by atoms with van der Waals surface area (Å²) in [5.41, 5.74) is 0.169. The molecule has 164 valence electrons. The van der Waals surface area contributed by atoms with Crippen molar-refractivity contribution < 1.29 is 48.0 Å². The highest BCUT2D eigenvalue weighted by Gasteiger charge is 2.16. The van der Waals surface area contributed by atoms with Gasteiger partial charge in [0.2, 0.25) is 5.69 Å². The molecule has 0 atom stereocenters. The van der Waals surface area contributed by atoms with Gasteiger partial charge in [-0.3, -0.25) is 9.26 Å². The van der Waals surface area contributed by atoms with Crippen LogP contribution in [0.4, 0.5) is 9.59 Å². The van der Waals surface area contributed by atoms with Crippen molar-refractivity contribution in [3.05, 3.63) is 33.2 Å². The number of rotatable bonds is 5. The van der Waals surface area contributed by atoms with E-state index in [-0.39, 0.29) is 52.2 Å². The zero-order valence-corrected chi connectivity index (χ0v) is 17.1. The van der Waals surface area contributed by atoms with Gasteiger partial charge in [0.15, 0.2) is 30.1 Å². The van der Waals surface area contributed by atoms with Gasteiger partial charge < -0.3 is 29.7 Å². The van der Waals surface area contributed by atoms with E-state index in [2.05, 4.69) is 45.4 Å². The van der Waals surface area contributed by atoms with Crippen molar-refractivity contribution in [2.75, 3.05) is 12.1 Å². The standard InChI is InChI=1S/C6H7ClN2O5.C4H6N2O3.C2H2Cl2O2/c1-4-5(8-14-9(4)11)2-12-6(10)13-3-7;1-3-4(2-7)5-9-6(3)8;3-1-6-2(4)5/h2-3H2,1H3;7H,2H2,1H3;1H2. The first-order valence-corrected chi connectivity index (χ1v) is 8.57. The van der Waals surface area contributed by atoms with E-state index in [1.54, 1.807) is 0 Å². The lowest BCUT2D eigenvalue weighted by Crippen LogP contribution is -2.26. The minimum absolute atomic E-state index is 0.178. The zero-order chi connectivity index (χ0) is 22.4. The fourth-order valence-corrected chi connectivity index (χ4v) is 1.47. The molecule has 0 aliphatic heterocycles. The maximum absolute atomic E-state index is 10.7. The van der Waals surface area contributed by atoms with Gasteiger partial charge in [-0.15, -0.1) is 0 Å². The lowest BCUT2D eigenvalue weighted by Gasteiger charge is -1.99. The summed E-state index contributed by atoms with van der Waals surface area (Å²) in [4.78, 5) is 20.6. The van der Waals surface area contributed by atoms with E-state index >= 15 is 0 Å². The molecule has 2 heterocycles. The van der Waals surface area contributed by atoms with Gasteiger partial charge >= 0.3 is 11.6 Å². The Bertz CT molecular complexity index is 769. The second-order valence-electron chi connectivity index (χ2n) is 4.37. The van der Waals surface area contributed by atoms with Gasteiger partial charge in [0.1, 0.15) is 6.61 Å². The average Bonchev–Trinajstić information content (AvgIpc) is 3.16. The first-order chi connectivity index (χ1) is 13.7. The molecule has 0 fully saturated rings. The zero-order valence-electron chi connectivity index (χ0n) is 14.9. The second-order valence-corrected chi connectivity index (χ2v) is 5.11. The summed E-state index contributed by atoms with van der Waals surface area (Å²) in [6, 6.07) is -0.472. The molecule has 17 heteroatoms. The van der Waals surface area contributed by atoms with Crippen molar-refractivity contribution >= 4 is 46.4 Å². The quantitative estimate of drug-likeness (QED) is 0.278. The van der Waals surface area contributed by atoms with Crippen molar-refractivity contribution in [3.8, 4) is 0 Å². The Kier molecular flexibility index (Phi) is 13.2. The average molecular weight is 482 g/mol. The summed E-state index contributed by atoms with van der Waals surface area (Å²) < 4.78 is 21.1. The molecule has 29 heavy (non-hydrogen) atoms. The lowest BCUT2D eigenvalue weighted by molar-refractivity contribution is -0.807. The molecule has 0 saturated heterocycles. The van der Waals surface area contributed by atoms with Crippen LogP contribution in [-0.4, -0.2) is 39.1 Å². The minimum Gasteiger partial charge on any atom is -0.437 e. The van der Waals surface area contributed by atoms with E-state index in [4.69, 9.17) is 28.3 Å². The third-order valence-corrected chi connectivity index (χ3v) is 2.98. The van der Waals surface area contributed by atoms with Crippen molar-refractivity contribution in [1.82, 2.24) is 10.3 Å². The Balaban J connectivity index is 0.000000448. The predicted molar refractivity (Wildman–Crippen MR) is 91.4 cm³/mol. The fraction of sp³-hybridized carbons (Fsp3) is 0.500. The van der Waals surface area contributed by atoms with E-state index in [0.29, 0.717) is 5.69 Å². The summed E-state index contributed by atoms with van der Waals surface area (Å²) in [6.45, 7) is 2.55. The number of aromatic nitrogens is 4. The Morgan fingerprint density at radius 1 is 1.00 bits per heavy atom. The van der Waals surface area contributed by atoms with Crippen LogP contribution >= 0.6 is 34.8 Å². The lowest BCUT2D eigenvalue weighted by atomic mass is 10.4. The molecule has 0 aliphatic carbocycles. The van der Waals surface area contributed by atoms with Crippen LogP contribution in [0, 0.1) is 24.3 Å². The summed E-state index contributed by atoms with van der Waals surface area (Å²) in [5, 5.41) is 36.2. The molecule has 2 rings (SSSR count). The second kappa shape index (κ2) is 14.4. The Hall–Kier alpha value is -2.55. The molecular weight excluding hydrogens is 467 g/mol. The SMILES string of the molecule is Cc1c(CO)no[n+]1[O-].Cc1c(COC(=O)OCCl)no[n+]1[O-].O=C(Cl)OCCl. The molecule has 0 unspecified atom stereocenters. The van der Waals surface area contributed by atoms with Crippen LogP contribution in [-0.2, 0) is 27.4 Å². The molecule has 0 bridgehead atoms. The van der Waals surface area contributed by atoms with Gasteiger partial charge in [0, 0.05) is 35.8 Å². The van der Waals surface area contributed by atoms with E-state index in [1.165, 1.54) is 13.8 Å². The monoisotopic (exact) mass is 480 g/mol. The van der Waals surface area contributed by atoms with E-state index < -0.39 is 11.6 Å².